The lowest BCUT2D eigenvalue weighted by Gasteiger charge is -2.41. The van der Waals surface area contributed by atoms with Crippen molar-refractivity contribution in [1.82, 2.24) is 0 Å². The van der Waals surface area contributed by atoms with Crippen molar-refractivity contribution in [3.63, 3.8) is 0 Å². The monoisotopic (exact) mass is 400 g/mol. The van der Waals surface area contributed by atoms with E-state index in [0.717, 1.165) is 82.9 Å². The van der Waals surface area contributed by atoms with E-state index in [1.807, 2.05) is 0 Å². The molecule has 168 valence electrons. The lowest BCUT2D eigenvalue weighted by atomic mass is 9.64. The van der Waals surface area contributed by atoms with E-state index >= 15 is 0 Å². The quantitative estimate of drug-likeness (QED) is 0.443. The third-order valence-corrected chi connectivity index (χ3v) is 12.0. The summed E-state index contributed by atoms with van der Waals surface area (Å²) in [4.78, 5) is 0. The van der Waals surface area contributed by atoms with E-state index in [4.69, 9.17) is 0 Å². The van der Waals surface area contributed by atoms with E-state index in [9.17, 15) is 0 Å². The van der Waals surface area contributed by atoms with E-state index < -0.39 is 0 Å². The zero-order valence-electron chi connectivity index (χ0n) is 21.0. The van der Waals surface area contributed by atoms with Crippen LogP contribution in [0.5, 0.6) is 0 Å². The first-order valence-electron chi connectivity index (χ1n) is 13.7. The van der Waals surface area contributed by atoms with E-state index in [-0.39, 0.29) is 0 Å². The Morgan fingerprint density at radius 3 is 1.07 bits per heavy atom. The maximum absolute atomic E-state index is 2.62. The smallest absolute Gasteiger partial charge is 0.0324 e. The first kappa shape index (κ1) is 22.2. The van der Waals surface area contributed by atoms with Crippen LogP contribution in [0.15, 0.2) is 0 Å². The minimum absolute atomic E-state index is 0.953. The fourth-order valence-corrected chi connectivity index (χ4v) is 10.2. The van der Waals surface area contributed by atoms with Crippen molar-refractivity contribution >= 4 is 0 Å². The third-order valence-electron chi connectivity index (χ3n) is 12.0. The molecule has 4 saturated carbocycles. The zero-order chi connectivity index (χ0) is 21.0. The van der Waals surface area contributed by atoms with Crippen LogP contribution in [-0.4, -0.2) is 0 Å². The second-order valence-corrected chi connectivity index (χ2v) is 13.1. The summed E-state index contributed by atoms with van der Waals surface area (Å²) in [6.07, 6.45) is 10.5. The standard InChI is InChI=1S/C29H52/c1-16-12-14-18(3)28-24(20(5)22(7)26(16)28)10-9-11-25-21(6)23(8)27-17(2)13-15-19(4)29(25)27/h16-29H,9-15H2,1-8H3. The van der Waals surface area contributed by atoms with Crippen LogP contribution in [0, 0.1) is 82.9 Å². The SMILES string of the molecule is CC1CCC(C)C2C(CCCC3C(C)C(C)C4C(C)CCC(C)C34)C(C)C(C)C12. The van der Waals surface area contributed by atoms with Crippen LogP contribution in [0.3, 0.4) is 0 Å². The Hall–Kier alpha value is 0. The maximum Gasteiger partial charge on any atom is -0.0324 e. The number of rotatable bonds is 4. The Kier molecular flexibility index (Phi) is 6.51. The van der Waals surface area contributed by atoms with Crippen LogP contribution in [-0.2, 0) is 0 Å². The summed E-state index contributed by atoms with van der Waals surface area (Å²) in [5.41, 5.74) is 0. The number of hydrogen-bond acceptors (Lipinski definition) is 0. The van der Waals surface area contributed by atoms with Gasteiger partial charge in [-0.1, -0.05) is 87.5 Å². The molecule has 4 fully saturated rings. The van der Waals surface area contributed by atoms with Crippen molar-refractivity contribution < 1.29 is 0 Å². The Bertz CT molecular complexity index is 502. The van der Waals surface area contributed by atoms with Crippen LogP contribution in [0.4, 0.5) is 0 Å². The Morgan fingerprint density at radius 1 is 0.414 bits per heavy atom. The predicted molar refractivity (Wildman–Crippen MR) is 127 cm³/mol. The molecule has 0 aromatic rings. The minimum atomic E-state index is 0.953. The van der Waals surface area contributed by atoms with Gasteiger partial charge in [0.2, 0.25) is 0 Å². The molecule has 0 heteroatoms. The molecule has 14 atom stereocenters. The molecular weight excluding hydrogens is 348 g/mol. The summed E-state index contributed by atoms with van der Waals surface area (Å²) in [5, 5.41) is 0. The fourth-order valence-electron chi connectivity index (χ4n) is 10.2. The molecule has 4 aliphatic carbocycles. The van der Waals surface area contributed by atoms with Crippen molar-refractivity contribution in [2.45, 2.75) is 100 Å². The fraction of sp³-hybridized carbons (Fsp3) is 1.00. The van der Waals surface area contributed by atoms with Gasteiger partial charge in [-0.05, 0) is 95.7 Å². The Labute approximate surface area is 183 Å². The first-order valence-corrected chi connectivity index (χ1v) is 13.7. The van der Waals surface area contributed by atoms with Crippen molar-refractivity contribution in [3.8, 4) is 0 Å². The van der Waals surface area contributed by atoms with Gasteiger partial charge in [0.25, 0.3) is 0 Å². The predicted octanol–water partition coefficient (Wildman–Crippen LogP) is 8.56. The van der Waals surface area contributed by atoms with Gasteiger partial charge in [0.15, 0.2) is 0 Å². The van der Waals surface area contributed by atoms with Gasteiger partial charge in [0, 0.05) is 0 Å². The van der Waals surface area contributed by atoms with Crippen LogP contribution in [0.2, 0.25) is 0 Å². The van der Waals surface area contributed by atoms with Crippen LogP contribution >= 0.6 is 0 Å². The molecular formula is C29H52. The maximum atomic E-state index is 2.62. The largest absolute Gasteiger partial charge is 0.0622 e. The Balaban J connectivity index is 1.42. The van der Waals surface area contributed by atoms with E-state index in [1.54, 1.807) is 0 Å². The highest BCUT2D eigenvalue weighted by molar-refractivity contribution is 5.01. The number of fused-ring (bicyclic) bond motifs is 2. The summed E-state index contributed by atoms with van der Waals surface area (Å²) in [7, 11) is 0. The molecule has 29 heavy (non-hydrogen) atoms. The molecule has 4 rings (SSSR count). The minimum Gasteiger partial charge on any atom is -0.0622 e. The van der Waals surface area contributed by atoms with E-state index in [0.29, 0.717) is 0 Å². The molecule has 0 radical (unpaired) electrons. The van der Waals surface area contributed by atoms with Gasteiger partial charge in [-0.2, -0.15) is 0 Å². The summed E-state index contributed by atoms with van der Waals surface area (Å²) >= 11 is 0. The summed E-state index contributed by atoms with van der Waals surface area (Å²) in [6.45, 7) is 20.8. The molecule has 0 aromatic heterocycles. The average Bonchev–Trinajstić information content (AvgIpc) is 3.09. The molecule has 0 saturated heterocycles. The Morgan fingerprint density at radius 2 is 0.724 bits per heavy atom. The van der Waals surface area contributed by atoms with Gasteiger partial charge in [-0.25, -0.2) is 0 Å². The van der Waals surface area contributed by atoms with Gasteiger partial charge >= 0.3 is 0 Å². The van der Waals surface area contributed by atoms with Gasteiger partial charge in [0.05, 0.1) is 0 Å². The highest BCUT2D eigenvalue weighted by atomic mass is 14.6. The van der Waals surface area contributed by atoms with Crippen LogP contribution in [0.25, 0.3) is 0 Å². The number of hydrogen-bond donors (Lipinski definition) is 0. The van der Waals surface area contributed by atoms with Crippen molar-refractivity contribution in [2.24, 2.45) is 82.9 Å². The molecule has 0 nitrogen and oxygen atoms in total. The summed E-state index contributed by atoms with van der Waals surface area (Å²) in [5.74, 6) is 13.8. The van der Waals surface area contributed by atoms with Gasteiger partial charge in [-0.15, -0.1) is 0 Å². The van der Waals surface area contributed by atoms with Crippen molar-refractivity contribution in [3.05, 3.63) is 0 Å². The summed E-state index contributed by atoms with van der Waals surface area (Å²) in [6, 6.07) is 0. The molecule has 4 aliphatic rings. The first-order chi connectivity index (χ1) is 13.7. The average molecular weight is 401 g/mol. The second kappa shape index (κ2) is 8.50. The van der Waals surface area contributed by atoms with Gasteiger partial charge in [0.1, 0.15) is 0 Å². The molecule has 0 aliphatic heterocycles. The zero-order valence-corrected chi connectivity index (χ0v) is 21.0. The van der Waals surface area contributed by atoms with E-state index in [2.05, 4.69) is 55.4 Å². The van der Waals surface area contributed by atoms with Crippen LogP contribution < -0.4 is 0 Å². The molecule has 14 unspecified atom stereocenters. The second-order valence-electron chi connectivity index (χ2n) is 13.1. The van der Waals surface area contributed by atoms with E-state index in [1.165, 1.54) is 44.9 Å². The normalized spacial score (nSPS) is 57.5. The lowest BCUT2D eigenvalue weighted by Crippen LogP contribution is -2.34. The highest BCUT2D eigenvalue weighted by Gasteiger charge is 2.53. The molecule has 0 amide bonds. The van der Waals surface area contributed by atoms with Crippen molar-refractivity contribution in [1.29, 1.82) is 0 Å². The molecule has 0 bridgehead atoms. The van der Waals surface area contributed by atoms with Gasteiger partial charge in [-0.3, -0.25) is 0 Å². The topological polar surface area (TPSA) is 0 Å². The third kappa shape index (κ3) is 3.65. The molecule has 0 aromatic carbocycles. The summed E-state index contributed by atoms with van der Waals surface area (Å²) < 4.78 is 0. The van der Waals surface area contributed by atoms with Gasteiger partial charge < -0.3 is 0 Å². The lowest BCUT2D eigenvalue weighted by molar-refractivity contribution is 0.0782. The van der Waals surface area contributed by atoms with Crippen LogP contribution in [0.1, 0.15) is 100 Å². The molecule has 0 spiro atoms. The molecule has 0 heterocycles. The molecule has 0 N–H and O–H groups in total. The van der Waals surface area contributed by atoms with Crippen molar-refractivity contribution in [2.75, 3.05) is 0 Å². The highest BCUT2D eigenvalue weighted by Crippen LogP contribution is 2.59.